The van der Waals surface area contributed by atoms with E-state index in [2.05, 4.69) is 181 Å². The van der Waals surface area contributed by atoms with E-state index in [0.717, 1.165) is 106 Å². The van der Waals surface area contributed by atoms with Crippen LogP contribution in [-0.2, 0) is 0 Å². The summed E-state index contributed by atoms with van der Waals surface area (Å²) in [5.74, 6) is 0.991. The van der Waals surface area contributed by atoms with Crippen LogP contribution in [0.4, 0.5) is 0 Å². The lowest BCUT2D eigenvalue weighted by atomic mass is 9.94. The molecule has 0 amide bonds. The maximum Gasteiger partial charge on any atom is 0.273 e. The molecule has 6 aromatic carbocycles. The first-order valence-corrected chi connectivity index (χ1v) is 25.6. The van der Waals surface area contributed by atoms with Crippen molar-refractivity contribution in [2.45, 2.75) is 75.7 Å². The molecule has 0 saturated carbocycles. The zero-order valence-corrected chi connectivity index (χ0v) is 44.5. The van der Waals surface area contributed by atoms with Crippen molar-refractivity contribution in [3.05, 3.63) is 186 Å². The van der Waals surface area contributed by atoms with Gasteiger partial charge in [0.15, 0.2) is 0 Å². The Kier molecular flexibility index (Phi) is 11.8. The summed E-state index contributed by atoms with van der Waals surface area (Å²) >= 11 is 0. The van der Waals surface area contributed by atoms with Gasteiger partial charge in [-0.3, -0.25) is 9.59 Å². The van der Waals surface area contributed by atoms with Crippen molar-refractivity contribution in [2.75, 3.05) is 27.2 Å². The lowest BCUT2D eigenvalue weighted by molar-refractivity contribution is 0.280. The Morgan fingerprint density at radius 1 is 0.473 bits per heavy atom. The number of aromatic nitrogens is 4. The molecule has 12 rings (SSSR count). The number of fused-ring (bicyclic) bond motifs is 14. The molecule has 0 atom stereocenters. The smallest absolute Gasteiger partial charge is 0.273 e. The number of pyridine rings is 4. The predicted molar refractivity (Wildman–Crippen MR) is 310 cm³/mol. The fourth-order valence-electron chi connectivity index (χ4n) is 11.1. The molecule has 0 fully saturated rings. The van der Waals surface area contributed by atoms with Crippen LogP contribution in [0.25, 0.3) is 98.4 Å². The van der Waals surface area contributed by atoms with Gasteiger partial charge in [0.2, 0.25) is 0 Å². The minimum absolute atomic E-state index is 0.0989. The maximum absolute atomic E-state index is 13.8. The van der Waals surface area contributed by atoms with Gasteiger partial charge < -0.3 is 33.5 Å². The number of ether oxygens (including phenoxy) is 1. The number of nitrogens with one attached hydrogen (secondary N) is 2. The molecule has 0 bridgehead atoms. The highest BCUT2D eigenvalue weighted by Crippen LogP contribution is 2.45. The number of hydrogen-bond acceptors (Lipinski definition) is 5. The molecule has 0 radical (unpaired) electrons. The third-order valence-corrected chi connectivity index (χ3v) is 15.8. The van der Waals surface area contributed by atoms with Gasteiger partial charge in [-0.15, -0.1) is 0 Å². The average Bonchev–Trinajstić information content (AvgIpc) is 3.90. The third-order valence-electron chi connectivity index (χ3n) is 15.8. The summed E-state index contributed by atoms with van der Waals surface area (Å²) in [4.78, 5) is 35.7. The topological polar surface area (TPSA) is 107 Å². The molecule has 0 aliphatic carbocycles. The quantitative estimate of drug-likeness (QED) is 0.138. The van der Waals surface area contributed by atoms with Gasteiger partial charge >= 0.3 is 0 Å². The second-order valence-corrected chi connectivity index (χ2v) is 21.2. The van der Waals surface area contributed by atoms with Gasteiger partial charge in [-0.1, -0.05) is 48.5 Å². The van der Waals surface area contributed by atoms with Crippen LogP contribution >= 0.6 is 0 Å². The molecule has 6 aromatic heterocycles. The average molecular weight is 978 g/mol. The van der Waals surface area contributed by atoms with Gasteiger partial charge in [-0.05, 0) is 204 Å². The molecule has 0 unspecified atom stereocenters. The Morgan fingerprint density at radius 3 is 1.38 bits per heavy atom. The molecular formula is C65H63N5O4. The minimum Gasteiger partial charge on any atom is -0.508 e. The van der Waals surface area contributed by atoms with E-state index < -0.39 is 0 Å². The van der Waals surface area contributed by atoms with E-state index in [0.29, 0.717) is 23.2 Å². The van der Waals surface area contributed by atoms with Gasteiger partial charge in [0.25, 0.3) is 11.1 Å². The van der Waals surface area contributed by atoms with E-state index in [1.165, 1.54) is 49.9 Å². The lowest BCUT2D eigenvalue weighted by Gasteiger charge is -2.13. The molecule has 372 valence electrons. The molecule has 9 heteroatoms. The first-order valence-electron chi connectivity index (χ1n) is 25.6. The van der Waals surface area contributed by atoms with Crippen molar-refractivity contribution in [1.82, 2.24) is 23.7 Å². The van der Waals surface area contributed by atoms with Crippen molar-refractivity contribution in [3.63, 3.8) is 0 Å². The normalized spacial score (nSPS) is 12.0. The van der Waals surface area contributed by atoms with Crippen molar-refractivity contribution in [1.29, 1.82) is 0 Å². The van der Waals surface area contributed by atoms with E-state index in [1.54, 1.807) is 6.07 Å². The molecule has 0 aliphatic rings. The number of rotatable bonds is 7. The summed E-state index contributed by atoms with van der Waals surface area (Å²) in [6.07, 6.45) is 5.00. The number of nitrogens with zero attached hydrogens (tertiary/aromatic N) is 3. The molecule has 6 heterocycles. The lowest BCUT2D eigenvalue weighted by Crippen LogP contribution is -2.15. The Balaban J connectivity index is 0.000000161. The zero-order valence-electron chi connectivity index (χ0n) is 44.5. The summed E-state index contributed by atoms with van der Waals surface area (Å²) in [5.41, 5.74) is 20.6. The Labute approximate surface area is 430 Å². The fourth-order valence-corrected chi connectivity index (χ4v) is 11.1. The van der Waals surface area contributed by atoms with Crippen LogP contribution in [0.15, 0.2) is 119 Å². The summed E-state index contributed by atoms with van der Waals surface area (Å²) < 4.78 is 10.3. The molecule has 0 spiro atoms. The van der Waals surface area contributed by atoms with Gasteiger partial charge in [0.1, 0.15) is 22.5 Å². The first-order chi connectivity index (χ1) is 35.4. The summed E-state index contributed by atoms with van der Waals surface area (Å²) in [5, 5.41) is 18.8. The summed E-state index contributed by atoms with van der Waals surface area (Å²) in [6, 6.07) is 34.1. The highest BCUT2D eigenvalue weighted by Gasteiger charge is 2.25. The highest BCUT2D eigenvalue weighted by molar-refractivity contribution is 6.23. The zero-order chi connectivity index (χ0) is 52.2. The number of aromatic amines is 2. The van der Waals surface area contributed by atoms with Crippen LogP contribution in [0.2, 0.25) is 0 Å². The largest absolute Gasteiger partial charge is 0.508 e. The number of aryl methyl sites for hydroxylation is 10. The maximum atomic E-state index is 13.8. The van der Waals surface area contributed by atoms with Crippen molar-refractivity contribution < 1.29 is 9.84 Å². The third kappa shape index (κ3) is 7.89. The van der Waals surface area contributed by atoms with Gasteiger partial charge in [0.05, 0.1) is 28.7 Å². The SMILES string of the molecule is Cc1ccc(-c2c3c4cc(C)c(O)cc4[nH]c(=O)c3n3ccc4cc(C)c(C)cc4c23)cc1C.Cc1ccc(-c2c3c4cc(C)c(OCCCN(C)C)cc4[nH]c(=O)c3n3ccc4cc(C)c(C)cc4c23)cc1C. The van der Waals surface area contributed by atoms with Gasteiger partial charge in [-0.25, -0.2) is 0 Å². The standard InChI is InChI=1S/C35H37N3O2.C30H26N2O2/c1-20-9-10-26(16-21(20)2)31-32-28-18-24(5)30(40-14-8-12-37(6)7)19-29(28)36-35(39)34(32)38-13-11-25-15-22(3)23(4)17-27(25)33(31)38;1-15-6-7-21(11-16(15)2)26-27-23-13-19(5)25(33)14-24(23)31-30(34)29(27)32-9-8-20-10-17(3)18(4)12-22(20)28(26)32/h9-11,13,15-19H,8,12,14H2,1-7H3,(H,36,39);6-14,33H,1-5H3,(H,31,34). The Hall–Kier alpha value is -8.14. The number of phenols is 1. The van der Waals surface area contributed by atoms with Crippen LogP contribution in [0.3, 0.4) is 0 Å². The second-order valence-electron chi connectivity index (χ2n) is 21.2. The van der Waals surface area contributed by atoms with Crippen LogP contribution in [-0.4, -0.2) is 56.0 Å². The van der Waals surface area contributed by atoms with Crippen molar-refractivity contribution in [3.8, 4) is 33.8 Å². The molecule has 3 N–H and O–H groups in total. The van der Waals surface area contributed by atoms with E-state index in [9.17, 15) is 14.7 Å². The van der Waals surface area contributed by atoms with Crippen molar-refractivity contribution >= 4 is 76.2 Å². The molecule has 9 nitrogen and oxygen atoms in total. The summed E-state index contributed by atoms with van der Waals surface area (Å²) in [6.45, 7) is 22.7. The second kappa shape index (κ2) is 18.1. The fraction of sp³-hybridized carbons (Fsp3) is 0.231. The Morgan fingerprint density at radius 2 is 0.905 bits per heavy atom. The van der Waals surface area contributed by atoms with E-state index in [1.807, 2.05) is 29.7 Å². The van der Waals surface area contributed by atoms with Gasteiger partial charge in [0, 0.05) is 74.5 Å². The van der Waals surface area contributed by atoms with Crippen LogP contribution in [0.1, 0.15) is 62.1 Å². The number of H-pyrrole nitrogens is 2. The van der Waals surface area contributed by atoms with Crippen LogP contribution in [0, 0.1) is 69.2 Å². The van der Waals surface area contributed by atoms with E-state index >= 15 is 0 Å². The van der Waals surface area contributed by atoms with Crippen LogP contribution in [0.5, 0.6) is 11.5 Å². The molecule has 12 aromatic rings. The molecule has 0 saturated heterocycles. The predicted octanol–water partition coefficient (Wildman–Crippen LogP) is 14.6. The number of phenolic OH excluding ortho intramolecular Hbond substituents is 1. The monoisotopic (exact) mass is 977 g/mol. The number of aromatic hydroxyl groups is 1. The molecular weight excluding hydrogens is 915 g/mol. The first kappa shape index (κ1) is 48.1. The molecule has 74 heavy (non-hydrogen) atoms. The van der Waals surface area contributed by atoms with E-state index in [4.69, 9.17) is 4.74 Å². The highest BCUT2D eigenvalue weighted by atomic mass is 16.5. The van der Waals surface area contributed by atoms with Crippen molar-refractivity contribution in [2.24, 2.45) is 0 Å². The summed E-state index contributed by atoms with van der Waals surface area (Å²) in [7, 11) is 4.13. The van der Waals surface area contributed by atoms with E-state index in [-0.39, 0.29) is 16.9 Å². The van der Waals surface area contributed by atoms with Gasteiger partial charge in [-0.2, -0.15) is 0 Å². The molecule has 0 aliphatic heterocycles. The minimum atomic E-state index is -0.168. The Bertz CT molecular complexity index is 4470. The number of benzene rings is 6. The number of hydrogen-bond donors (Lipinski definition) is 3. The van der Waals surface area contributed by atoms with Crippen LogP contribution < -0.4 is 15.9 Å².